The maximum Gasteiger partial charge on any atom is 0.144 e. The van der Waals surface area contributed by atoms with E-state index >= 15 is 0 Å². The molecule has 1 saturated carbocycles. The van der Waals surface area contributed by atoms with Gasteiger partial charge >= 0.3 is 0 Å². The van der Waals surface area contributed by atoms with Crippen molar-refractivity contribution >= 4 is 34.2 Å². The predicted molar refractivity (Wildman–Crippen MR) is 77.8 cm³/mol. The largest absolute Gasteiger partial charge is 0.376 e. The van der Waals surface area contributed by atoms with E-state index in [1.54, 1.807) is 13.2 Å². The second kappa shape index (κ2) is 5.17. The highest BCUT2D eigenvalue weighted by Crippen LogP contribution is 2.38. The molecule has 0 bridgehead atoms. The standard InChI is InChI=1S/C14H15Cl2FN2O/c1-20-14(3-2-4-14)8-19-12-6-10(17)9(16)5-11(12)18-13(19)7-15/h5-6H,2-4,7-8H2,1H3. The van der Waals surface area contributed by atoms with E-state index in [0.29, 0.717) is 23.4 Å². The minimum Gasteiger partial charge on any atom is -0.376 e. The molecule has 0 unspecified atom stereocenters. The van der Waals surface area contributed by atoms with Gasteiger partial charge in [-0.05, 0) is 25.3 Å². The number of hydrogen-bond donors (Lipinski definition) is 0. The minimum absolute atomic E-state index is 0.0772. The van der Waals surface area contributed by atoms with Crippen LogP contribution < -0.4 is 0 Å². The van der Waals surface area contributed by atoms with Crippen molar-refractivity contribution < 1.29 is 9.13 Å². The highest BCUT2D eigenvalue weighted by molar-refractivity contribution is 6.31. The molecule has 6 heteroatoms. The fourth-order valence-electron chi connectivity index (χ4n) is 2.73. The van der Waals surface area contributed by atoms with E-state index in [9.17, 15) is 4.39 Å². The lowest BCUT2D eigenvalue weighted by molar-refractivity contribution is -0.0831. The molecule has 0 radical (unpaired) electrons. The quantitative estimate of drug-likeness (QED) is 0.793. The van der Waals surface area contributed by atoms with Crippen LogP contribution in [0.5, 0.6) is 0 Å². The number of ether oxygens (including phenoxy) is 1. The summed E-state index contributed by atoms with van der Waals surface area (Å²) in [4.78, 5) is 4.43. The number of imidazole rings is 1. The zero-order valence-corrected chi connectivity index (χ0v) is 12.6. The molecule has 1 fully saturated rings. The Balaban J connectivity index is 2.10. The first kappa shape index (κ1) is 14.1. The molecule has 1 aromatic heterocycles. The van der Waals surface area contributed by atoms with Crippen LogP contribution in [-0.4, -0.2) is 22.3 Å². The number of benzene rings is 1. The number of aromatic nitrogens is 2. The Kier molecular flexibility index (Phi) is 3.65. The number of alkyl halides is 1. The van der Waals surface area contributed by atoms with Crippen molar-refractivity contribution in [2.75, 3.05) is 7.11 Å². The van der Waals surface area contributed by atoms with Gasteiger partial charge in [0.15, 0.2) is 0 Å². The van der Waals surface area contributed by atoms with Crippen molar-refractivity contribution in [1.29, 1.82) is 0 Å². The SMILES string of the molecule is COC1(Cn2c(CCl)nc3cc(Cl)c(F)cc32)CCC1. The molecule has 1 aliphatic rings. The van der Waals surface area contributed by atoms with Crippen LogP contribution in [0.25, 0.3) is 11.0 Å². The first-order valence-corrected chi connectivity index (χ1v) is 7.45. The van der Waals surface area contributed by atoms with Crippen molar-refractivity contribution in [3.05, 3.63) is 28.8 Å². The molecule has 0 N–H and O–H groups in total. The van der Waals surface area contributed by atoms with E-state index in [4.69, 9.17) is 27.9 Å². The number of nitrogens with zero attached hydrogens (tertiary/aromatic N) is 2. The Labute approximate surface area is 126 Å². The molecule has 1 aromatic carbocycles. The van der Waals surface area contributed by atoms with Crippen molar-refractivity contribution in [3.8, 4) is 0 Å². The smallest absolute Gasteiger partial charge is 0.144 e. The lowest BCUT2D eigenvalue weighted by Crippen LogP contribution is -2.43. The van der Waals surface area contributed by atoms with E-state index in [0.717, 1.165) is 19.3 Å². The summed E-state index contributed by atoms with van der Waals surface area (Å²) in [6.45, 7) is 0.642. The van der Waals surface area contributed by atoms with E-state index in [1.165, 1.54) is 6.07 Å². The van der Waals surface area contributed by atoms with Gasteiger partial charge in [-0.15, -0.1) is 11.6 Å². The highest BCUT2D eigenvalue weighted by Gasteiger charge is 2.38. The van der Waals surface area contributed by atoms with Gasteiger partial charge in [-0.1, -0.05) is 11.6 Å². The average Bonchev–Trinajstić information content (AvgIpc) is 2.72. The predicted octanol–water partition coefficient (Wildman–Crippen LogP) is 4.14. The molecule has 0 spiro atoms. The highest BCUT2D eigenvalue weighted by atomic mass is 35.5. The Morgan fingerprint density at radius 2 is 2.20 bits per heavy atom. The molecule has 0 amide bonds. The molecule has 108 valence electrons. The Bertz CT molecular complexity index is 647. The van der Waals surface area contributed by atoms with Gasteiger partial charge in [0, 0.05) is 13.2 Å². The normalized spacial score (nSPS) is 17.4. The third-order valence-electron chi connectivity index (χ3n) is 4.13. The second-order valence-corrected chi connectivity index (χ2v) is 5.92. The van der Waals surface area contributed by atoms with Crippen molar-refractivity contribution in [2.45, 2.75) is 37.3 Å². The summed E-state index contributed by atoms with van der Waals surface area (Å²) in [5.74, 6) is 0.543. The topological polar surface area (TPSA) is 27.1 Å². The van der Waals surface area contributed by atoms with Crippen molar-refractivity contribution in [3.63, 3.8) is 0 Å². The van der Waals surface area contributed by atoms with Gasteiger partial charge in [0.25, 0.3) is 0 Å². The molecule has 0 atom stereocenters. The van der Waals surface area contributed by atoms with Crippen LogP contribution in [0.2, 0.25) is 5.02 Å². The molecular formula is C14H15Cl2FN2O. The van der Waals surface area contributed by atoms with Gasteiger partial charge in [0.2, 0.25) is 0 Å². The summed E-state index contributed by atoms with van der Waals surface area (Å²) >= 11 is 11.8. The number of fused-ring (bicyclic) bond motifs is 1. The Morgan fingerprint density at radius 1 is 1.45 bits per heavy atom. The molecule has 3 rings (SSSR count). The van der Waals surface area contributed by atoms with Gasteiger partial charge in [-0.2, -0.15) is 0 Å². The van der Waals surface area contributed by atoms with Crippen LogP contribution >= 0.6 is 23.2 Å². The fraction of sp³-hybridized carbons (Fsp3) is 0.500. The summed E-state index contributed by atoms with van der Waals surface area (Å²) in [6.07, 6.45) is 3.15. The summed E-state index contributed by atoms with van der Waals surface area (Å²) in [5, 5.41) is 0.0772. The van der Waals surface area contributed by atoms with Gasteiger partial charge < -0.3 is 9.30 Å². The van der Waals surface area contributed by atoms with Gasteiger partial charge in [0.05, 0.1) is 34.1 Å². The molecule has 1 aliphatic carbocycles. The molecule has 0 saturated heterocycles. The maximum absolute atomic E-state index is 13.7. The third-order valence-corrected chi connectivity index (χ3v) is 4.66. The lowest BCUT2D eigenvalue weighted by Gasteiger charge is -2.41. The van der Waals surface area contributed by atoms with Gasteiger partial charge in [-0.25, -0.2) is 9.37 Å². The third kappa shape index (κ3) is 2.20. The van der Waals surface area contributed by atoms with Crippen LogP contribution in [0.1, 0.15) is 25.1 Å². The fourth-order valence-corrected chi connectivity index (χ4v) is 3.10. The van der Waals surface area contributed by atoms with Crippen LogP contribution in [0.3, 0.4) is 0 Å². The Morgan fingerprint density at radius 3 is 2.75 bits per heavy atom. The molecule has 1 heterocycles. The number of methoxy groups -OCH3 is 1. The van der Waals surface area contributed by atoms with Crippen LogP contribution in [0.4, 0.5) is 4.39 Å². The van der Waals surface area contributed by atoms with E-state index in [2.05, 4.69) is 4.98 Å². The number of hydrogen-bond acceptors (Lipinski definition) is 2. The molecule has 20 heavy (non-hydrogen) atoms. The first-order chi connectivity index (χ1) is 9.58. The number of rotatable bonds is 4. The van der Waals surface area contributed by atoms with Gasteiger partial charge in [-0.3, -0.25) is 0 Å². The van der Waals surface area contributed by atoms with Crippen LogP contribution in [-0.2, 0) is 17.2 Å². The molecule has 0 aliphatic heterocycles. The second-order valence-electron chi connectivity index (χ2n) is 5.24. The van der Waals surface area contributed by atoms with Crippen molar-refractivity contribution in [2.24, 2.45) is 0 Å². The average molecular weight is 317 g/mol. The van der Waals surface area contributed by atoms with Crippen molar-refractivity contribution in [1.82, 2.24) is 9.55 Å². The minimum atomic E-state index is -0.443. The zero-order valence-electron chi connectivity index (χ0n) is 11.1. The zero-order chi connectivity index (χ0) is 14.3. The molecule has 2 aromatic rings. The summed E-state index contributed by atoms with van der Waals surface area (Å²) in [7, 11) is 1.72. The van der Waals surface area contributed by atoms with E-state index in [-0.39, 0.29) is 16.5 Å². The monoisotopic (exact) mass is 316 g/mol. The lowest BCUT2D eigenvalue weighted by atomic mass is 9.80. The van der Waals surface area contributed by atoms with Crippen LogP contribution in [0.15, 0.2) is 12.1 Å². The molecular weight excluding hydrogens is 302 g/mol. The summed E-state index contributed by atoms with van der Waals surface area (Å²) in [6, 6.07) is 2.96. The van der Waals surface area contributed by atoms with E-state index < -0.39 is 5.82 Å². The summed E-state index contributed by atoms with van der Waals surface area (Å²) in [5.41, 5.74) is 1.20. The molecule has 3 nitrogen and oxygen atoms in total. The summed E-state index contributed by atoms with van der Waals surface area (Å²) < 4.78 is 21.3. The first-order valence-electron chi connectivity index (χ1n) is 6.54. The number of halogens is 3. The maximum atomic E-state index is 13.7. The van der Waals surface area contributed by atoms with Crippen LogP contribution in [0, 0.1) is 5.82 Å². The van der Waals surface area contributed by atoms with Gasteiger partial charge in [0.1, 0.15) is 11.6 Å². The van der Waals surface area contributed by atoms with E-state index in [1.807, 2.05) is 4.57 Å². The Hall–Kier alpha value is -0.840.